The highest BCUT2D eigenvalue weighted by Gasteiger charge is 1.84. The molecule has 0 saturated heterocycles. The molecule has 0 aromatic rings. The summed E-state index contributed by atoms with van der Waals surface area (Å²) >= 11 is 6.51. The Morgan fingerprint density at radius 2 is 2.11 bits per heavy atom. The fraction of sp³-hybridized carbons (Fsp3) is 0.500. The van der Waals surface area contributed by atoms with Gasteiger partial charge in [0, 0.05) is 0 Å². The van der Waals surface area contributed by atoms with Gasteiger partial charge in [-0.1, -0.05) is 13.0 Å². The first-order valence-corrected chi connectivity index (χ1v) is 4.32. The van der Waals surface area contributed by atoms with Crippen LogP contribution in [0.3, 0.4) is 0 Å². The molecule has 0 aromatic heterocycles. The van der Waals surface area contributed by atoms with Gasteiger partial charge in [-0.3, -0.25) is 0 Å². The Morgan fingerprint density at radius 1 is 1.56 bits per heavy atom. The summed E-state index contributed by atoms with van der Waals surface area (Å²) in [6, 6.07) is 0. The molecule has 0 aromatic carbocycles. The van der Waals surface area contributed by atoms with Gasteiger partial charge in [0.25, 0.3) is 0 Å². The third-order valence-electron chi connectivity index (χ3n) is 0.633. The van der Waals surface area contributed by atoms with E-state index in [-0.39, 0.29) is 0 Å². The molecule has 0 N–H and O–H groups in total. The predicted octanol–water partition coefficient (Wildman–Crippen LogP) is 3.45. The number of allylic oxidation sites excluding steroid dienone is 1. The molecule has 0 radical (unpaired) electrons. The van der Waals surface area contributed by atoms with Crippen LogP contribution in [0.15, 0.2) is 15.7 Å². The molecule has 0 atom stereocenters. The smallest absolute Gasteiger partial charge is 0.103 e. The number of hydrogen-bond acceptors (Lipinski definition) is 1. The van der Waals surface area contributed by atoms with E-state index in [2.05, 4.69) is 43.8 Å². The van der Waals surface area contributed by atoms with Crippen molar-refractivity contribution in [3.05, 3.63) is 10.7 Å². The normalized spacial score (nSPS) is 14.2. The molecule has 0 spiro atoms. The van der Waals surface area contributed by atoms with Gasteiger partial charge >= 0.3 is 0 Å². The quantitative estimate of drug-likeness (QED) is 0.529. The molecule has 9 heavy (non-hydrogen) atoms. The van der Waals surface area contributed by atoms with E-state index in [4.69, 9.17) is 0 Å². The average Bonchev–Trinajstić information content (AvgIpc) is 1.63. The highest BCUT2D eigenvalue weighted by atomic mass is 79.9. The topological polar surface area (TPSA) is 12.4 Å². The maximum Gasteiger partial charge on any atom is 0.103 e. The molecule has 0 bridgehead atoms. The number of hydrogen-bond donors (Lipinski definition) is 0. The zero-order chi connectivity index (χ0) is 7.28. The van der Waals surface area contributed by atoms with Gasteiger partial charge in [0.1, 0.15) is 4.61 Å². The van der Waals surface area contributed by atoms with Crippen LogP contribution in [0.25, 0.3) is 0 Å². The van der Waals surface area contributed by atoms with Gasteiger partial charge in [0.05, 0.1) is 4.62 Å². The molecule has 0 rings (SSSR count). The molecule has 0 aliphatic carbocycles. The Kier molecular flexibility index (Phi) is 5.39. The maximum atomic E-state index is 4.08. The molecule has 0 saturated carbocycles. The summed E-state index contributed by atoms with van der Waals surface area (Å²) in [6.45, 7) is 3.96. The molecule has 0 aliphatic rings. The lowest BCUT2D eigenvalue weighted by molar-refractivity contribution is 1.21. The minimum atomic E-state index is 0.888. The Balaban J connectivity index is 3.90. The van der Waals surface area contributed by atoms with Crippen LogP contribution < -0.4 is 0 Å². The lowest BCUT2D eigenvalue weighted by Crippen LogP contribution is -1.72. The summed E-state index contributed by atoms with van der Waals surface area (Å²) < 4.78 is 1.78. The Morgan fingerprint density at radius 3 is 2.44 bits per heavy atom. The first-order chi connectivity index (χ1) is 4.16. The van der Waals surface area contributed by atoms with E-state index < -0.39 is 0 Å². The van der Waals surface area contributed by atoms with Crippen molar-refractivity contribution in [2.45, 2.75) is 20.3 Å². The molecule has 1 nitrogen and oxygen atoms in total. The van der Waals surface area contributed by atoms with Gasteiger partial charge in [-0.05, 0) is 45.2 Å². The van der Waals surface area contributed by atoms with Crippen molar-refractivity contribution in [3.8, 4) is 0 Å². The second-order valence-electron chi connectivity index (χ2n) is 1.54. The summed E-state index contributed by atoms with van der Waals surface area (Å²) in [7, 11) is 0. The highest BCUT2D eigenvalue weighted by molar-refractivity contribution is 9.18. The van der Waals surface area contributed by atoms with Crippen LogP contribution in [0.5, 0.6) is 0 Å². The van der Waals surface area contributed by atoms with Crippen LogP contribution in [0, 0.1) is 0 Å². The van der Waals surface area contributed by atoms with Crippen molar-refractivity contribution in [3.63, 3.8) is 0 Å². The molecular weight excluding hydrogens is 246 g/mol. The summed E-state index contributed by atoms with van der Waals surface area (Å²) in [5.74, 6) is 0. The van der Waals surface area contributed by atoms with E-state index in [0.29, 0.717) is 0 Å². The standard InChI is InChI=1S/C6H9Br2N/c1-3-4-6(8)9-5(2)7/h4H,3H2,1-2H3/b6-4-,9-5+. The van der Waals surface area contributed by atoms with Crippen LogP contribution in [-0.4, -0.2) is 4.62 Å². The maximum absolute atomic E-state index is 4.08. The van der Waals surface area contributed by atoms with E-state index in [9.17, 15) is 0 Å². The second kappa shape index (κ2) is 5.18. The molecule has 0 heterocycles. The van der Waals surface area contributed by atoms with Crippen LogP contribution in [-0.2, 0) is 0 Å². The molecule has 0 unspecified atom stereocenters. The van der Waals surface area contributed by atoms with Crippen LogP contribution in [0.2, 0.25) is 0 Å². The number of halogens is 2. The fourth-order valence-electron chi connectivity index (χ4n) is 0.361. The van der Waals surface area contributed by atoms with E-state index >= 15 is 0 Å². The fourth-order valence-corrected chi connectivity index (χ4v) is 1.38. The van der Waals surface area contributed by atoms with E-state index in [0.717, 1.165) is 15.6 Å². The zero-order valence-electron chi connectivity index (χ0n) is 5.49. The highest BCUT2D eigenvalue weighted by Crippen LogP contribution is 2.09. The molecule has 0 amide bonds. The molecule has 52 valence electrons. The predicted molar refractivity (Wildman–Crippen MR) is 49.3 cm³/mol. The monoisotopic (exact) mass is 253 g/mol. The van der Waals surface area contributed by atoms with Crippen LogP contribution >= 0.6 is 31.9 Å². The van der Waals surface area contributed by atoms with Crippen LogP contribution in [0.4, 0.5) is 0 Å². The molecule has 3 heteroatoms. The van der Waals surface area contributed by atoms with Crippen molar-refractivity contribution in [1.82, 2.24) is 0 Å². The SMILES string of the molecule is CC/C=C(Br)\N=C(/C)Br. The summed E-state index contributed by atoms with van der Waals surface area (Å²) in [6.07, 6.45) is 3.01. The third-order valence-corrected chi connectivity index (χ3v) is 1.31. The number of rotatable bonds is 2. The summed E-state index contributed by atoms with van der Waals surface area (Å²) in [5.41, 5.74) is 0. The molecular formula is C6H9Br2N. The van der Waals surface area contributed by atoms with E-state index in [1.807, 2.05) is 13.0 Å². The molecule has 0 aliphatic heterocycles. The van der Waals surface area contributed by atoms with Gasteiger partial charge in [-0.15, -0.1) is 0 Å². The third kappa shape index (κ3) is 6.25. The summed E-state index contributed by atoms with van der Waals surface area (Å²) in [4.78, 5) is 4.08. The Labute approximate surface area is 72.5 Å². The number of aliphatic imine (C=N–C) groups is 1. The van der Waals surface area contributed by atoms with Crippen molar-refractivity contribution in [2.75, 3.05) is 0 Å². The van der Waals surface area contributed by atoms with Gasteiger partial charge in [-0.2, -0.15) is 0 Å². The van der Waals surface area contributed by atoms with Gasteiger partial charge < -0.3 is 0 Å². The lowest BCUT2D eigenvalue weighted by atomic mass is 10.5. The largest absolute Gasteiger partial charge is 0.239 e. The van der Waals surface area contributed by atoms with Crippen LogP contribution in [0.1, 0.15) is 20.3 Å². The minimum absolute atomic E-state index is 0.888. The Bertz CT molecular complexity index is 134. The van der Waals surface area contributed by atoms with Crippen molar-refractivity contribution in [2.24, 2.45) is 4.99 Å². The lowest BCUT2D eigenvalue weighted by Gasteiger charge is -1.87. The second-order valence-corrected chi connectivity index (χ2v) is 3.50. The molecule has 0 fully saturated rings. The first-order valence-electron chi connectivity index (χ1n) is 2.73. The average molecular weight is 255 g/mol. The van der Waals surface area contributed by atoms with Gasteiger partial charge in [0.2, 0.25) is 0 Å². The Hall–Kier alpha value is 0.370. The summed E-state index contributed by atoms with van der Waals surface area (Å²) in [5, 5.41) is 0. The van der Waals surface area contributed by atoms with Crippen molar-refractivity contribution in [1.29, 1.82) is 0 Å². The van der Waals surface area contributed by atoms with E-state index in [1.54, 1.807) is 0 Å². The van der Waals surface area contributed by atoms with E-state index in [1.165, 1.54) is 0 Å². The minimum Gasteiger partial charge on any atom is -0.239 e. The van der Waals surface area contributed by atoms with Crippen molar-refractivity contribution < 1.29 is 0 Å². The van der Waals surface area contributed by atoms with Gasteiger partial charge in [-0.25, -0.2) is 4.99 Å². The number of nitrogens with zero attached hydrogens (tertiary/aromatic N) is 1. The van der Waals surface area contributed by atoms with Gasteiger partial charge in [0.15, 0.2) is 0 Å². The first kappa shape index (κ1) is 9.37. The zero-order valence-corrected chi connectivity index (χ0v) is 8.66. The van der Waals surface area contributed by atoms with Crippen molar-refractivity contribution >= 4 is 36.5 Å².